The zero-order valence-electron chi connectivity index (χ0n) is 12.6. The highest BCUT2D eigenvalue weighted by molar-refractivity contribution is 6.30. The third-order valence-corrected chi connectivity index (χ3v) is 4.11. The molecule has 0 heterocycles. The van der Waals surface area contributed by atoms with E-state index in [0.29, 0.717) is 11.1 Å². The van der Waals surface area contributed by atoms with Crippen molar-refractivity contribution in [1.82, 2.24) is 0 Å². The summed E-state index contributed by atoms with van der Waals surface area (Å²) in [5, 5.41) is 4.05. The Morgan fingerprint density at radius 1 is 1.00 bits per heavy atom. The van der Waals surface area contributed by atoms with Crippen LogP contribution < -0.4 is 14.8 Å². The van der Waals surface area contributed by atoms with Gasteiger partial charge in [-0.3, -0.25) is 0 Å². The Labute approximate surface area is 136 Å². The number of hydrogen-bond donors (Lipinski definition) is 1. The molecule has 0 atom stereocenters. The van der Waals surface area contributed by atoms with E-state index in [1.54, 1.807) is 7.11 Å². The van der Waals surface area contributed by atoms with Crippen LogP contribution in [0.25, 0.3) is 0 Å². The minimum Gasteiger partial charge on any atom is -0.493 e. The lowest BCUT2D eigenvalue weighted by Crippen LogP contribution is -2.11. The summed E-state index contributed by atoms with van der Waals surface area (Å²) in [4.78, 5) is 0. The largest absolute Gasteiger partial charge is 0.493 e. The molecule has 1 aliphatic carbocycles. The maximum absolute atomic E-state index is 6.11. The van der Waals surface area contributed by atoms with Crippen LogP contribution in [0.1, 0.15) is 25.7 Å². The summed E-state index contributed by atoms with van der Waals surface area (Å²) in [5.41, 5.74) is 1.90. The molecule has 3 rings (SSSR count). The van der Waals surface area contributed by atoms with Gasteiger partial charge < -0.3 is 14.8 Å². The normalized spacial score (nSPS) is 14.8. The molecular formula is C18H20ClNO2. The first-order chi connectivity index (χ1) is 10.7. The van der Waals surface area contributed by atoms with Crippen LogP contribution in [0.4, 0.5) is 11.4 Å². The number of rotatable bonds is 5. The lowest BCUT2D eigenvalue weighted by atomic mass is 10.2. The van der Waals surface area contributed by atoms with Crippen LogP contribution in [0.2, 0.25) is 5.02 Å². The highest BCUT2D eigenvalue weighted by Gasteiger charge is 2.18. The van der Waals surface area contributed by atoms with Crippen LogP contribution in [0, 0.1) is 0 Å². The molecule has 22 heavy (non-hydrogen) atoms. The van der Waals surface area contributed by atoms with E-state index < -0.39 is 0 Å². The second-order valence-electron chi connectivity index (χ2n) is 5.53. The summed E-state index contributed by atoms with van der Waals surface area (Å²) in [7, 11) is 1.67. The number of benzene rings is 2. The Morgan fingerprint density at radius 3 is 2.50 bits per heavy atom. The van der Waals surface area contributed by atoms with Gasteiger partial charge in [-0.1, -0.05) is 17.7 Å². The van der Waals surface area contributed by atoms with Crippen LogP contribution in [0.5, 0.6) is 11.5 Å². The molecule has 0 spiro atoms. The second-order valence-corrected chi connectivity index (χ2v) is 5.96. The minimum atomic E-state index is 0.301. The van der Waals surface area contributed by atoms with Crippen LogP contribution >= 0.6 is 11.6 Å². The Morgan fingerprint density at radius 2 is 1.77 bits per heavy atom. The zero-order valence-corrected chi connectivity index (χ0v) is 13.4. The maximum atomic E-state index is 6.11. The summed E-state index contributed by atoms with van der Waals surface area (Å²) in [6, 6.07) is 13.5. The van der Waals surface area contributed by atoms with Crippen LogP contribution in [0.3, 0.4) is 0 Å². The molecule has 116 valence electrons. The van der Waals surface area contributed by atoms with Gasteiger partial charge >= 0.3 is 0 Å². The lowest BCUT2D eigenvalue weighted by molar-refractivity contribution is 0.201. The Kier molecular flexibility index (Phi) is 4.74. The molecule has 0 aromatic heterocycles. The van der Waals surface area contributed by atoms with E-state index in [9.17, 15) is 0 Å². The number of anilines is 2. The molecule has 2 aromatic rings. The first-order valence-corrected chi connectivity index (χ1v) is 8.00. The fraction of sp³-hybridized carbons (Fsp3) is 0.333. The summed E-state index contributed by atoms with van der Waals surface area (Å²) >= 11 is 6.02. The van der Waals surface area contributed by atoms with Crippen molar-refractivity contribution in [3.05, 3.63) is 47.5 Å². The second kappa shape index (κ2) is 6.93. The van der Waals surface area contributed by atoms with E-state index in [4.69, 9.17) is 21.1 Å². The van der Waals surface area contributed by atoms with Crippen LogP contribution in [-0.2, 0) is 0 Å². The third kappa shape index (κ3) is 3.66. The van der Waals surface area contributed by atoms with Gasteiger partial charge in [-0.15, -0.1) is 0 Å². The molecule has 1 saturated carbocycles. The van der Waals surface area contributed by atoms with E-state index in [0.717, 1.165) is 35.7 Å². The minimum absolute atomic E-state index is 0.301. The molecule has 0 unspecified atom stereocenters. The number of ether oxygens (including phenoxy) is 2. The Hall–Kier alpha value is -1.87. The quantitative estimate of drug-likeness (QED) is 0.799. The summed E-state index contributed by atoms with van der Waals surface area (Å²) in [6.07, 6.45) is 5.03. The fourth-order valence-electron chi connectivity index (χ4n) is 2.77. The first-order valence-electron chi connectivity index (χ1n) is 7.62. The Bertz CT molecular complexity index is 639. The smallest absolute Gasteiger partial charge is 0.163 e. The molecule has 2 aromatic carbocycles. The molecule has 4 heteroatoms. The topological polar surface area (TPSA) is 30.5 Å². The highest BCUT2D eigenvalue weighted by Crippen LogP contribution is 2.34. The predicted molar refractivity (Wildman–Crippen MR) is 90.6 cm³/mol. The van der Waals surface area contributed by atoms with Gasteiger partial charge in [-0.2, -0.15) is 0 Å². The molecular weight excluding hydrogens is 298 g/mol. The molecule has 0 radical (unpaired) electrons. The van der Waals surface area contributed by atoms with Crippen molar-refractivity contribution < 1.29 is 9.47 Å². The van der Waals surface area contributed by atoms with Gasteiger partial charge in [0.25, 0.3) is 0 Å². The zero-order chi connectivity index (χ0) is 15.4. The van der Waals surface area contributed by atoms with Gasteiger partial charge in [-0.25, -0.2) is 0 Å². The molecule has 0 amide bonds. The third-order valence-electron chi connectivity index (χ3n) is 3.87. The predicted octanol–water partition coefficient (Wildman–Crippen LogP) is 5.41. The van der Waals surface area contributed by atoms with Gasteiger partial charge in [0.2, 0.25) is 0 Å². The standard InChI is InChI=1S/C18H20ClNO2/c1-21-17-10-9-15(20-14-6-4-5-13(19)11-14)12-18(17)22-16-7-2-3-8-16/h4-6,9-12,16,20H,2-3,7-8H2,1H3. The van der Waals surface area contributed by atoms with Gasteiger partial charge in [0.15, 0.2) is 11.5 Å². The molecule has 1 N–H and O–H groups in total. The van der Waals surface area contributed by atoms with Crippen molar-refractivity contribution in [2.45, 2.75) is 31.8 Å². The lowest BCUT2D eigenvalue weighted by Gasteiger charge is -2.17. The van der Waals surface area contributed by atoms with E-state index >= 15 is 0 Å². The van der Waals surface area contributed by atoms with Gasteiger partial charge in [-0.05, 0) is 56.0 Å². The fourth-order valence-corrected chi connectivity index (χ4v) is 2.96. The SMILES string of the molecule is COc1ccc(Nc2cccc(Cl)c2)cc1OC1CCCC1. The van der Waals surface area contributed by atoms with Crippen LogP contribution in [-0.4, -0.2) is 13.2 Å². The highest BCUT2D eigenvalue weighted by atomic mass is 35.5. The molecule has 0 aliphatic heterocycles. The van der Waals surface area contributed by atoms with E-state index in [-0.39, 0.29) is 0 Å². The molecule has 3 nitrogen and oxygen atoms in total. The van der Waals surface area contributed by atoms with Gasteiger partial charge in [0.1, 0.15) is 0 Å². The summed E-state index contributed by atoms with van der Waals surface area (Å²) < 4.78 is 11.5. The van der Waals surface area contributed by atoms with Crippen LogP contribution in [0.15, 0.2) is 42.5 Å². The van der Waals surface area contributed by atoms with Crippen molar-refractivity contribution in [3.8, 4) is 11.5 Å². The molecule has 0 bridgehead atoms. The molecule has 1 fully saturated rings. The number of halogens is 1. The van der Waals surface area contributed by atoms with Crippen molar-refractivity contribution in [2.75, 3.05) is 12.4 Å². The average molecular weight is 318 g/mol. The van der Waals surface area contributed by atoms with Crippen molar-refractivity contribution in [1.29, 1.82) is 0 Å². The van der Waals surface area contributed by atoms with Crippen molar-refractivity contribution >= 4 is 23.0 Å². The van der Waals surface area contributed by atoms with E-state index in [2.05, 4.69) is 5.32 Å². The van der Waals surface area contributed by atoms with Gasteiger partial charge in [0, 0.05) is 22.5 Å². The maximum Gasteiger partial charge on any atom is 0.163 e. The van der Waals surface area contributed by atoms with E-state index in [1.165, 1.54) is 12.8 Å². The van der Waals surface area contributed by atoms with Crippen molar-refractivity contribution in [3.63, 3.8) is 0 Å². The average Bonchev–Trinajstić information content (AvgIpc) is 3.01. The molecule has 1 aliphatic rings. The number of nitrogens with one attached hydrogen (secondary N) is 1. The molecule has 0 saturated heterocycles. The first kappa shape index (κ1) is 15.0. The summed E-state index contributed by atoms with van der Waals surface area (Å²) in [6.45, 7) is 0. The van der Waals surface area contributed by atoms with E-state index in [1.807, 2.05) is 42.5 Å². The monoisotopic (exact) mass is 317 g/mol. The Balaban J connectivity index is 1.79. The number of hydrogen-bond acceptors (Lipinski definition) is 3. The van der Waals surface area contributed by atoms with Crippen molar-refractivity contribution in [2.24, 2.45) is 0 Å². The number of methoxy groups -OCH3 is 1. The summed E-state index contributed by atoms with van der Waals surface area (Å²) in [5.74, 6) is 1.56. The van der Waals surface area contributed by atoms with Gasteiger partial charge in [0.05, 0.1) is 13.2 Å².